The predicted octanol–water partition coefficient (Wildman–Crippen LogP) is 0.0889. The van der Waals surface area contributed by atoms with Crippen molar-refractivity contribution in [2.45, 2.75) is 0 Å². The Bertz CT molecular complexity index is 415. The number of nitrogens with one attached hydrogen (secondary N) is 1. The minimum atomic E-state index is -0.191. The van der Waals surface area contributed by atoms with Gasteiger partial charge in [0.25, 0.3) is 5.91 Å². The smallest absolute Gasteiger partial charge is 0.271 e. The Balaban J connectivity index is 2.56. The Morgan fingerprint density at radius 1 is 1.62 bits per heavy atom. The van der Waals surface area contributed by atoms with Crippen LogP contribution in [0.4, 0.5) is 0 Å². The molecule has 0 aliphatic carbocycles. The average molecular weight is 176 g/mol. The molecule has 0 aromatic carbocycles. The maximum Gasteiger partial charge on any atom is 0.271 e. The molecule has 0 unspecified atom stereocenters. The molecule has 0 saturated carbocycles. The standard InChI is InChI=1S/C8H8N4O/c1-9-8(13)6-5-12-3-2-10-4-7(12)11-6/h2-5H,1H3,(H,9,13). The normalized spacial score (nSPS) is 10.2. The zero-order valence-corrected chi connectivity index (χ0v) is 7.06. The number of nitrogens with zero attached hydrogens (tertiary/aromatic N) is 3. The van der Waals surface area contributed by atoms with Crippen LogP contribution in [0.5, 0.6) is 0 Å². The van der Waals surface area contributed by atoms with Gasteiger partial charge in [0.2, 0.25) is 0 Å². The molecule has 2 heterocycles. The van der Waals surface area contributed by atoms with Gasteiger partial charge >= 0.3 is 0 Å². The lowest BCUT2D eigenvalue weighted by Crippen LogP contribution is -2.17. The molecule has 13 heavy (non-hydrogen) atoms. The molecule has 1 N–H and O–H groups in total. The Morgan fingerprint density at radius 2 is 2.46 bits per heavy atom. The lowest BCUT2D eigenvalue weighted by atomic mass is 10.4. The summed E-state index contributed by atoms with van der Waals surface area (Å²) in [7, 11) is 1.57. The van der Waals surface area contributed by atoms with E-state index in [2.05, 4.69) is 15.3 Å². The first-order valence-corrected chi connectivity index (χ1v) is 3.82. The molecule has 66 valence electrons. The Kier molecular flexibility index (Phi) is 1.70. The molecular formula is C8H8N4O. The van der Waals surface area contributed by atoms with Gasteiger partial charge in [0, 0.05) is 25.6 Å². The number of rotatable bonds is 1. The number of hydrogen-bond acceptors (Lipinski definition) is 3. The van der Waals surface area contributed by atoms with Gasteiger partial charge in [0.05, 0.1) is 6.20 Å². The minimum Gasteiger partial charge on any atom is -0.354 e. The van der Waals surface area contributed by atoms with E-state index in [1.165, 1.54) is 0 Å². The number of amides is 1. The van der Waals surface area contributed by atoms with Crippen molar-refractivity contribution in [2.24, 2.45) is 0 Å². The van der Waals surface area contributed by atoms with Crippen LogP contribution in [-0.4, -0.2) is 27.3 Å². The SMILES string of the molecule is CNC(=O)c1cn2ccncc2n1. The molecule has 0 spiro atoms. The number of hydrogen-bond donors (Lipinski definition) is 1. The quantitative estimate of drug-likeness (QED) is 0.669. The zero-order chi connectivity index (χ0) is 9.26. The second kappa shape index (κ2) is 2.85. The summed E-state index contributed by atoms with van der Waals surface area (Å²) in [4.78, 5) is 19.1. The fourth-order valence-corrected chi connectivity index (χ4v) is 1.08. The van der Waals surface area contributed by atoms with Gasteiger partial charge in [-0.15, -0.1) is 0 Å². The molecule has 2 rings (SSSR count). The van der Waals surface area contributed by atoms with E-state index in [0.717, 1.165) is 0 Å². The van der Waals surface area contributed by atoms with Crippen molar-refractivity contribution < 1.29 is 4.79 Å². The number of carbonyl (C=O) groups is 1. The summed E-state index contributed by atoms with van der Waals surface area (Å²) in [5.41, 5.74) is 1.07. The Morgan fingerprint density at radius 3 is 3.15 bits per heavy atom. The first kappa shape index (κ1) is 7.72. The van der Waals surface area contributed by atoms with Crippen LogP contribution < -0.4 is 5.32 Å². The third-order valence-electron chi connectivity index (χ3n) is 1.72. The van der Waals surface area contributed by atoms with E-state index >= 15 is 0 Å². The first-order valence-electron chi connectivity index (χ1n) is 3.82. The van der Waals surface area contributed by atoms with Crippen LogP contribution in [-0.2, 0) is 0 Å². The van der Waals surface area contributed by atoms with Crippen LogP contribution in [0.1, 0.15) is 10.5 Å². The third-order valence-corrected chi connectivity index (χ3v) is 1.72. The molecule has 0 saturated heterocycles. The van der Waals surface area contributed by atoms with E-state index in [1.807, 2.05) is 0 Å². The monoisotopic (exact) mass is 176 g/mol. The van der Waals surface area contributed by atoms with Crippen molar-refractivity contribution in [1.29, 1.82) is 0 Å². The molecular weight excluding hydrogens is 168 g/mol. The number of carbonyl (C=O) groups excluding carboxylic acids is 1. The molecule has 0 aliphatic rings. The van der Waals surface area contributed by atoms with Gasteiger partial charge in [-0.05, 0) is 0 Å². The number of imidazole rings is 1. The third kappa shape index (κ3) is 1.24. The van der Waals surface area contributed by atoms with E-state index in [1.54, 1.807) is 36.2 Å². The maximum absolute atomic E-state index is 11.2. The van der Waals surface area contributed by atoms with Crippen molar-refractivity contribution in [1.82, 2.24) is 19.7 Å². The molecule has 5 heteroatoms. The highest BCUT2D eigenvalue weighted by molar-refractivity contribution is 5.92. The fourth-order valence-electron chi connectivity index (χ4n) is 1.08. The van der Waals surface area contributed by atoms with Crippen LogP contribution >= 0.6 is 0 Å². The lowest BCUT2D eigenvalue weighted by molar-refractivity contribution is 0.0959. The summed E-state index contributed by atoms with van der Waals surface area (Å²) in [6.07, 6.45) is 6.65. The summed E-state index contributed by atoms with van der Waals surface area (Å²) in [6, 6.07) is 0. The highest BCUT2D eigenvalue weighted by Gasteiger charge is 2.07. The van der Waals surface area contributed by atoms with Crippen molar-refractivity contribution in [3.05, 3.63) is 30.5 Å². The van der Waals surface area contributed by atoms with Gasteiger partial charge in [-0.3, -0.25) is 9.78 Å². The number of aromatic nitrogens is 3. The van der Waals surface area contributed by atoms with Crippen molar-refractivity contribution in [2.75, 3.05) is 7.05 Å². The molecule has 0 atom stereocenters. The van der Waals surface area contributed by atoms with E-state index in [-0.39, 0.29) is 5.91 Å². The molecule has 1 amide bonds. The van der Waals surface area contributed by atoms with Crippen LogP contribution in [0.3, 0.4) is 0 Å². The molecule has 0 bridgehead atoms. The van der Waals surface area contributed by atoms with Gasteiger partial charge in [-0.2, -0.15) is 0 Å². The van der Waals surface area contributed by atoms with Gasteiger partial charge < -0.3 is 9.72 Å². The van der Waals surface area contributed by atoms with Crippen LogP contribution in [0.15, 0.2) is 24.8 Å². The topological polar surface area (TPSA) is 59.3 Å². The van der Waals surface area contributed by atoms with Crippen LogP contribution in [0.25, 0.3) is 5.65 Å². The van der Waals surface area contributed by atoms with Crippen LogP contribution in [0.2, 0.25) is 0 Å². The van der Waals surface area contributed by atoms with E-state index < -0.39 is 0 Å². The summed E-state index contributed by atoms with van der Waals surface area (Å²) in [5, 5.41) is 2.51. The molecule has 0 aliphatic heterocycles. The summed E-state index contributed by atoms with van der Waals surface area (Å²) >= 11 is 0. The predicted molar refractivity (Wildman–Crippen MR) is 46.4 cm³/mol. The Labute approximate surface area is 74.4 Å². The highest BCUT2D eigenvalue weighted by Crippen LogP contribution is 2.01. The summed E-state index contributed by atoms with van der Waals surface area (Å²) in [6.45, 7) is 0. The zero-order valence-electron chi connectivity index (χ0n) is 7.06. The first-order chi connectivity index (χ1) is 6.31. The van der Waals surface area contributed by atoms with E-state index in [0.29, 0.717) is 11.3 Å². The summed E-state index contributed by atoms with van der Waals surface area (Å²) < 4.78 is 1.75. The summed E-state index contributed by atoms with van der Waals surface area (Å²) in [5.74, 6) is -0.191. The maximum atomic E-state index is 11.2. The van der Waals surface area contributed by atoms with Crippen molar-refractivity contribution in [3.8, 4) is 0 Å². The van der Waals surface area contributed by atoms with E-state index in [4.69, 9.17) is 0 Å². The van der Waals surface area contributed by atoms with Crippen molar-refractivity contribution in [3.63, 3.8) is 0 Å². The van der Waals surface area contributed by atoms with Gasteiger partial charge in [-0.25, -0.2) is 4.98 Å². The molecule has 0 radical (unpaired) electrons. The average Bonchev–Trinajstić information content (AvgIpc) is 2.59. The minimum absolute atomic E-state index is 0.191. The molecule has 5 nitrogen and oxygen atoms in total. The molecule has 2 aromatic rings. The second-order valence-corrected chi connectivity index (χ2v) is 2.55. The van der Waals surface area contributed by atoms with E-state index in [9.17, 15) is 4.79 Å². The van der Waals surface area contributed by atoms with Gasteiger partial charge in [-0.1, -0.05) is 0 Å². The largest absolute Gasteiger partial charge is 0.354 e. The van der Waals surface area contributed by atoms with Gasteiger partial charge in [0.15, 0.2) is 5.65 Å². The van der Waals surface area contributed by atoms with Crippen molar-refractivity contribution >= 4 is 11.6 Å². The number of fused-ring (bicyclic) bond motifs is 1. The molecule has 2 aromatic heterocycles. The van der Waals surface area contributed by atoms with Crippen LogP contribution in [0, 0.1) is 0 Å². The molecule has 0 fully saturated rings. The van der Waals surface area contributed by atoms with Gasteiger partial charge in [0.1, 0.15) is 5.69 Å². The lowest BCUT2D eigenvalue weighted by Gasteiger charge is -1.89. The Hall–Kier alpha value is -1.91. The second-order valence-electron chi connectivity index (χ2n) is 2.55. The highest BCUT2D eigenvalue weighted by atomic mass is 16.1. The fraction of sp³-hybridized carbons (Fsp3) is 0.125.